The van der Waals surface area contributed by atoms with Gasteiger partial charge in [0.1, 0.15) is 5.60 Å². The molecule has 0 fully saturated rings. The fourth-order valence-corrected chi connectivity index (χ4v) is 3.08. The highest BCUT2D eigenvalue weighted by molar-refractivity contribution is 5.83. The molecule has 148 valence electrons. The van der Waals surface area contributed by atoms with Crippen LogP contribution in [0.25, 0.3) is 10.9 Å². The average molecular weight is 373 g/mol. The van der Waals surface area contributed by atoms with Gasteiger partial charge >= 0.3 is 6.09 Å². The molecule has 0 radical (unpaired) electrons. The summed E-state index contributed by atoms with van der Waals surface area (Å²) in [5, 5.41) is 13.7. The van der Waals surface area contributed by atoms with Crippen LogP contribution in [0.1, 0.15) is 70.7 Å². The third kappa shape index (κ3) is 6.51. The van der Waals surface area contributed by atoms with Crippen LogP contribution in [-0.4, -0.2) is 28.4 Å². The van der Waals surface area contributed by atoms with E-state index >= 15 is 0 Å². The number of para-hydroxylation sites is 1. The number of pyridine rings is 1. The van der Waals surface area contributed by atoms with Gasteiger partial charge in [-0.05, 0) is 51.3 Å². The first-order chi connectivity index (χ1) is 12.8. The Morgan fingerprint density at radius 3 is 2.63 bits per heavy atom. The van der Waals surface area contributed by atoms with Gasteiger partial charge in [-0.2, -0.15) is 0 Å². The van der Waals surface area contributed by atoms with Crippen molar-refractivity contribution in [3.8, 4) is 0 Å². The molecule has 0 saturated heterocycles. The summed E-state index contributed by atoms with van der Waals surface area (Å²) in [6.07, 6.45) is 5.04. The number of aliphatic hydroxyl groups excluding tert-OH is 1. The van der Waals surface area contributed by atoms with Crippen LogP contribution >= 0.6 is 0 Å². The lowest BCUT2D eigenvalue weighted by Gasteiger charge is -2.24. The Labute approximate surface area is 162 Å². The molecule has 0 spiro atoms. The van der Waals surface area contributed by atoms with E-state index in [4.69, 9.17) is 9.72 Å². The number of alkyl carbamates (subject to hydrolysis) is 1. The first-order valence-corrected chi connectivity index (χ1v) is 9.83. The van der Waals surface area contributed by atoms with Gasteiger partial charge < -0.3 is 15.2 Å². The predicted octanol–water partition coefficient (Wildman–Crippen LogP) is 4.92. The molecule has 2 aromatic rings. The number of nitrogens with one attached hydrogen (secondary N) is 1. The number of carbonyl (C=O) groups is 1. The van der Waals surface area contributed by atoms with Gasteiger partial charge in [0.15, 0.2) is 0 Å². The van der Waals surface area contributed by atoms with Crippen LogP contribution in [0, 0.1) is 0 Å². The molecule has 0 saturated carbocycles. The summed E-state index contributed by atoms with van der Waals surface area (Å²) in [6, 6.07) is 9.30. The van der Waals surface area contributed by atoms with E-state index < -0.39 is 17.7 Å². The van der Waals surface area contributed by atoms with E-state index in [1.165, 1.54) is 19.3 Å². The summed E-state index contributed by atoms with van der Waals surface area (Å²) in [7, 11) is 0. The molecule has 5 nitrogen and oxygen atoms in total. The Morgan fingerprint density at radius 2 is 1.96 bits per heavy atom. The van der Waals surface area contributed by atoms with Crippen molar-refractivity contribution in [3.63, 3.8) is 0 Å². The molecule has 2 rings (SSSR count). The zero-order valence-corrected chi connectivity index (χ0v) is 16.9. The van der Waals surface area contributed by atoms with E-state index in [0.717, 1.165) is 35.0 Å². The largest absolute Gasteiger partial charge is 0.444 e. The van der Waals surface area contributed by atoms with Crippen LogP contribution in [0.4, 0.5) is 4.79 Å². The van der Waals surface area contributed by atoms with Crippen molar-refractivity contribution in [3.05, 3.63) is 41.6 Å². The minimum absolute atomic E-state index is 0.206. The summed E-state index contributed by atoms with van der Waals surface area (Å²) in [5.41, 5.74) is 2.16. The van der Waals surface area contributed by atoms with Crippen molar-refractivity contribution in [1.82, 2.24) is 10.3 Å². The summed E-state index contributed by atoms with van der Waals surface area (Å²) in [4.78, 5) is 17.0. The van der Waals surface area contributed by atoms with Crippen LogP contribution in [0.2, 0.25) is 0 Å². The first-order valence-electron chi connectivity index (χ1n) is 9.83. The van der Waals surface area contributed by atoms with E-state index in [1.807, 2.05) is 51.1 Å². The monoisotopic (exact) mass is 372 g/mol. The number of unbranched alkanes of at least 4 members (excludes halogenated alkanes) is 3. The summed E-state index contributed by atoms with van der Waals surface area (Å²) >= 11 is 0. The lowest BCUT2D eigenvalue weighted by Crippen LogP contribution is -2.36. The lowest BCUT2D eigenvalue weighted by molar-refractivity contribution is 0.0482. The van der Waals surface area contributed by atoms with Gasteiger partial charge in [-0.25, -0.2) is 4.79 Å². The van der Waals surface area contributed by atoms with E-state index in [2.05, 4.69) is 12.2 Å². The van der Waals surface area contributed by atoms with Crippen LogP contribution in [0.15, 0.2) is 30.3 Å². The normalized spacial score (nSPS) is 12.8. The van der Waals surface area contributed by atoms with Crippen molar-refractivity contribution >= 4 is 17.0 Å². The third-order valence-corrected chi connectivity index (χ3v) is 4.34. The second kappa shape index (κ2) is 9.70. The summed E-state index contributed by atoms with van der Waals surface area (Å²) in [6.45, 7) is 7.44. The Morgan fingerprint density at radius 1 is 1.22 bits per heavy atom. The lowest BCUT2D eigenvalue weighted by atomic mass is 9.99. The first kappa shape index (κ1) is 21.2. The number of benzene rings is 1. The SMILES string of the molecule is CCCCCCc1cc([C@H](CO)NC(=O)OC(C)(C)C)c2ccccc2n1. The molecular formula is C22H32N2O3. The van der Waals surface area contributed by atoms with Crippen molar-refractivity contribution in [2.24, 2.45) is 0 Å². The zero-order chi connectivity index (χ0) is 19.9. The highest BCUT2D eigenvalue weighted by atomic mass is 16.6. The Kier molecular flexibility index (Phi) is 7.60. The molecule has 5 heteroatoms. The van der Waals surface area contributed by atoms with E-state index in [-0.39, 0.29) is 6.61 Å². The van der Waals surface area contributed by atoms with Crippen molar-refractivity contribution in [1.29, 1.82) is 0 Å². The molecule has 1 atom stereocenters. The molecule has 27 heavy (non-hydrogen) atoms. The fraction of sp³-hybridized carbons (Fsp3) is 0.545. The smallest absolute Gasteiger partial charge is 0.408 e. The van der Waals surface area contributed by atoms with Crippen molar-refractivity contribution in [2.75, 3.05) is 6.61 Å². The van der Waals surface area contributed by atoms with Gasteiger partial charge in [-0.3, -0.25) is 4.98 Å². The maximum atomic E-state index is 12.2. The van der Waals surface area contributed by atoms with Gasteiger partial charge in [0.2, 0.25) is 0 Å². The molecule has 1 heterocycles. The van der Waals surface area contributed by atoms with Crippen molar-refractivity contribution < 1.29 is 14.6 Å². The number of rotatable bonds is 8. The summed E-state index contributed by atoms with van der Waals surface area (Å²) in [5.74, 6) is 0. The fourth-order valence-electron chi connectivity index (χ4n) is 3.08. The molecular weight excluding hydrogens is 340 g/mol. The van der Waals surface area contributed by atoms with Crippen molar-refractivity contribution in [2.45, 2.75) is 71.4 Å². The zero-order valence-electron chi connectivity index (χ0n) is 16.9. The van der Waals surface area contributed by atoms with Crippen LogP contribution in [-0.2, 0) is 11.2 Å². The van der Waals surface area contributed by atoms with E-state index in [1.54, 1.807) is 0 Å². The highest BCUT2D eigenvalue weighted by Crippen LogP contribution is 2.25. The quantitative estimate of drug-likeness (QED) is 0.646. The number of aromatic nitrogens is 1. The average Bonchev–Trinajstić information content (AvgIpc) is 2.61. The van der Waals surface area contributed by atoms with Gasteiger partial charge in [0.25, 0.3) is 0 Å². The Hall–Kier alpha value is -2.14. The van der Waals surface area contributed by atoms with Crippen LogP contribution in [0.3, 0.4) is 0 Å². The maximum Gasteiger partial charge on any atom is 0.408 e. The van der Waals surface area contributed by atoms with Gasteiger partial charge in [-0.15, -0.1) is 0 Å². The topological polar surface area (TPSA) is 71.5 Å². The third-order valence-electron chi connectivity index (χ3n) is 4.34. The Bertz CT molecular complexity index is 753. The number of ether oxygens (including phenoxy) is 1. The number of carbonyl (C=O) groups excluding carboxylic acids is 1. The molecule has 0 bridgehead atoms. The number of amides is 1. The van der Waals surface area contributed by atoms with Crippen LogP contribution in [0.5, 0.6) is 0 Å². The molecule has 1 aromatic carbocycles. The summed E-state index contributed by atoms with van der Waals surface area (Å²) < 4.78 is 5.35. The minimum atomic E-state index is -0.588. The molecule has 0 aliphatic carbocycles. The maximum absolute atomic E-state index is 12.2. The number of hydrogen-bond acceptors (Lipinski definition) is 4. The molecule has 0 aliphatic rings. The second-order valence-corrected chi connectivity index (χ2v) is 7.91. The van der Waals surface area contributed by atoms with Gasteiger partial charge in [-0.1, -0.05) is 44.4 Å². The molecule has 0 unspecified atom stereocenters. The second-order valence-electron chi connectivity index (χ2n) is 7.91. The molecule has 1 aromatic heterocycles. The molecule has 0 aliphatic heterocycles. The number of hydrogen-bond donors (Lipinski definition) is 2. The standard InChI is InChI=1S/C22H32N2O3/c1-5-6-7-8-11-16-14-18(17-12-9-10-13-19(17)23-16)20(15-25)24-21(26)27-22(2,3)4/h9-10,12-14,20,25H,5-8,11,15H2,1-4H3,(H,24,26)/t20-/m0/s1. The van der Waals surface area contributed by atoms with Gasteiger partial charge in [0, 0.05) is 11.1 Å². The molecule has 2 N–H and O–H groups in total. The number of fused-ring (bicyclic) bond motifs is 1. The minimum Gasteiger partial charge on any atom is -0.444 e. The van der Waals surface area contributed by atoms with Crippen LogP contribution < -0.4 is 5.32 Å². The number of aryl methyl sites for hydroxylation is 1. The van der Waals surface area contributed by atoms with Gasteiger partial charge in [0.05, 0.1) is 18.2 Å². The van der Waals surface area contributed by atoms with E-state index in [9.17, 15) is 9.90 Å². The Balaban J connectivity index is 2.28. The molecule has 1 amide bonds. The number of nitrogens with zero attached hydrogens (tertiary/aromatic N) is 1. The highest BCUT2D eigenvalue weighted by Gasteiger charge is 2.22. The van der Waals surface area contributed by atoms with E-state index in [0.29, 0.717) is 0 Å². The number of aliphatic hydroxyl groups is 1. The predicted molar refractivity (Wildman–Crippen MR) is 109 cm³/mol.